The van der Waals surface area contributed by atoms with Gasteiger partial charge < -0.3 is 15.6 Å². The van der Waals surface area contributed by atoms with Crippen LogP contribution in [-0.4, -0.2) is 29.9 Å². The molecule has 2 amide bonds. The Morgan fingerprint density at radius 1 is 1.00 bits per heavy atom. The highest BCUT2D eigenvalue weighted by atomic mass is 35.5. The van der Waals surface area contributed by atoms with E-state index in [1.807, 2.05) is 30.5 Å². The van der Waals surface area contributed by atoms with Crippen molar-refractivity contribution in [3.8, 4) is 0 Å². The van der Waals surface area contributed by atoms with Gasteiger partial charge >= 0.3 is 0 Å². The van der Waals surface area contributed by atoms with E-state index in [0.29, 0.717) is 28.6 Å². The summed E-state index contributed by atoms with van der Waals surface area (Å²) in [4.78, 5) is 27.1. The first-order chi connectivity index (χ1) is 12.5. The molecule has 2 aromatic carbocycles. The summed E-state index contributed by atoms with van der Waals surface area (Å²) < 4.78 is 0. The molecule has 3 aromatic rings. The van der Waals surface area contributed by atoms with E-state index in [0.717, 1.165) is 16.5 Å². The molecule has 0 saturated carbocycles. The molecule has 0 bridgehead atoms. The van der Waals surface area contributed by atoms with Crippen LogP contribution in [0.4, 0.5) is 0 Å². The summed E-state index contributed by atoms with van der Waals surface area (Å²) >= 11 is 11.7. The number of para-hydroxylation sites is 1. The van der Waals surface area contributed by atoms with Crippen LogP contribution in [0.5, 0.6) is 0 Å². The fraction of sp³-hybridized carbons (Fsp3) is 0.158. The Bertz CT molecular complexity index is 953. The first kappa shape index (κ1) is 18.3. The van der Waals surface area contributed by atoms with Crippen molar-refractivity contribution in [1.82, 2.24) is 15.6 Å². The molecule has 0 unspecified atom stereocenters. The minimum atomic E-state index is -0.379. The summed E-state index contributed by atoms with van der Waals surface area (Å²) in [5.41, 5.74) is 2.56. The quantitative estimate of drug-likeness (QED) is 0.602. The number of fused-ring (bicyclic) bond motifs is 1. The van der Waals surface area contributed by atoms with E-state index in [-0.39, 0.29) is 18.4 Å². The third-order valence-corrected chi connectivity index (χ3v) is 4.72. The van der Waals surface area contributed by atoms with Crippen LogP contribution in [0.3, 0.4) is 0 Å². The van der Waals surface area contributed by atoms with E-state index in [1.165, 1.54) is 6.07 Å². The van der Waals surface area contributed by atoms with E-state index in [9.17, 15) is 9.59 Å². The lowest BCUT2D eigenvalue weighted by molar-refractivity contribution is -0.120. The number of H-pyrrole nitrogens is 1. The Labute approximate surface area is 160 Å². The predicted octanol–water partition coefficient (Wildman–Crippen LogP) is 3.56. The van der Waals surface area contributed by atoms with Gasteiger partial charge in [0.25, 0.3) is 5.91 Å². The molecule has 1 heterocycles. The Balaban J connectivity index is 1.45. The number of carbonyl (C=O) groups excluding carboxylic acids is 2. The van der Waals surface area contributed by atoms with E-state index < -0.39 is 0 Å². The molecule has 1 aromatic heterocycles. The Kier molecular flexibility index (Phi) is 5.81. The normalized spacial score (nSPS) is 10.7. The van der Waals surface area contributed by atoms with E-state index in [4.69, 9.17) is 23.2 Å². The number of aromatic amines is 1. The van der Waals surface area contributed by atoms with Gasteiger partial charge in [-0.2, -0.15) is 0 Å². The molecule has 0 radical (unpaired) electrons. The number of halogens is 2. The molecule has 0 fully saturated rings. The third kappa shape index (κ3) is 4.36. The fourth-order valence-corrected chi connectivity index (χ4v) is 2.94. The van der Waals surface area contributed by atoms with Crippen LogP contribution in [0, 0.1) is 0 Å². The second-order valence-electron chi connectivity index (χ2n) is 5.77. The van der Waals surface area contributed by atoms with Crippen LogP contribution in [-0.2, 0) is 11.2 Å². The highest BCUT2D eigenvalue weighted by molar-refractivity contribution is 6.42. The molecule has 26 heavy (non-hydrogen) atoms. The largest absolute Gasteiger partial charge is 0.361 e. The second-order valence-corrected chi connectivity index (χ2v) is 6.59. The number of hydrogen-bond acceptors (Lipinski definition) is 2. The average Bonchev–Trinajstić information content (AvgIpc) is 3.05. The number of carbonyl (C=O) groups is 2. The second kappa shape index (κ2) is 8.25. The predicted molar refractivity (Wildman–Crippen MR) is 104 cm³/mol. The Hall–Kier alpha value is -2.50. The molecule has 0 aliphatic carbocycles. The zero-order chi connectivity index (χ0) is 18.5. The Morgan fingerprint density at radius 3 is 2.62 bits per heavy atom. The number of nitrogens with one attached hydrogen (secondary N) is 3. The molecular formula is C19H17Cl2N3O2. The minimum absolute atomic E-state index is 0.104. The molecule has 3 rings (SSSR count). The van der Waals surface area contributed by atoms with Crippen molar-refractivity contribution in [3.63, 3.8) is 0 Å². The maximum Gasteiger partial charge on any atom is 0.251 e. The van der Waals surface area contributed by atoms with E-state index >= 15 is 0 Å². The monoisotopic (exact) mass is 389 g/mol. The molecule has 0 atom stereocenters. The fourth-order valence-electron chi connectivity index (χ4n) is 2.64. The molecule has 0 aliphatic heterocycles. The molecule has 0 spiro atoms. The van der Waals surface area contributed by atoms with Crippen molar-refractivity contribution in [2.24, 2.45) is 0 Å². The minimum Gasteiger partial charge on any atom is -0.361 e. The van der Waals surface area contributed by atoms with Gasteiger partial charge in [-0.15, -0.1) is 0 Å². The van der Waals surface area contributed by atoms with Crippen molar-refractivity contribution in [2.75, 3.05) is 13.1 Å². The lowest BCUT2D eigenvalue weighted by Crippen LogP contribution is -2.37. The summed E-state index contributed by atoms with van der Waals surface area (Å²) in [6.07, 6.45) is 2.65. The van der Waals surface area contributed by atoms with Gasteiger partial charge in [-0.1, -0.05) is 41.4 Å². The van der Waals surface area contributed by atoms with Gasteiger partial charge in [0, 0.05) is 29.2 Å². The smallest absolute Gasteiger partial charge is 0.251 e. The van der Waals surface area contributed by atoms with Crippen LogP contribution < -0.4 is 10.6 Å². The highest BCUT2D eigenvalue weighted by Crippen LogP contribution is 2.22. The van der Waals surface area contributed by atoms with Gasteiger partial charge in [0.05, 0.1) is 16.6 Å². The van der Waals surface area contributed by atoms with Crippen molar-refractivity contribution in [2.45, 2.75) is 6.42 Å². The van der Waals surface area contributed by atoms with E-state index in [1.54, 1.807) is 12.1 Å². The zero-order valence-corrected chi connectivity index (χ0v) is 15.3. The summed E-state index contributed by atoms with van der Waals surface area (Å²) in [7, 11) is 0. The van der Waals surface area contributed by atoms with Crippen molar-refractivity contribution in [1.29, 1.82) is 0 Å². The van der Waals surface area contributed by atoms with Crippen molar-refractivity contribution >= 4 is 45.9 Å². The molecule has 5 nitrogen and oxygen atoms in total. The molecule has 0 aliphatic rings. The topological polar surface area (TPSA) is 74.0 Å². The standard InChI is InChI=1S/C19H17Cl2N3O2/c20-15-6-5-12(9-16(15)21)19(26)24-11-18(25)22-8-7-13-10-23-17-4-2-1-3-14(13)17/h1-6,9-10,23H,7-8,11H2,(H,22,25)(H,24,26). The van der Waals surface area contributed by atoms with Gasteiger partial charge in [-0.05, 0) is 36.2 Å². The first-order valence-corrected chi connectivity index (χ1v) is 8.85. The van der Waals surface area contributed by atoms with Gasteiger partial charge in [0.1, 0.15) is 0 Å². The number of hydrogen-bond donors (Lipinski definition) is 3. The number of rotatable bonds is 6. The van der Waals surface area contributed by atoms with Crippen LogP contribution in [0.15, 0.2) is 48.7 Å². The molecular weight excluding hydrogens is 373 g/mol. The van der Waals surface area contributed by atoms with Crippen LogP contribution in [0.1, 0.15) is 15.9 Å². The van der Waals surface area contributed by atoms with Gasteiger partial charge in [-0.25, -0.2) is 0 Å². The SMILES string of the molecule is O=C(CNC(=O)c1ccc(Cl)c(Cl)c1)NCCc1c[nH]c2ccccc12. The van der Waals surface area contributed by atoms with Crippen LogP contribution in [0.2, 0.25) is 10.0 Å². The number of aromatic nitrogens is 1. The molecule has 0 saturated heterocycles. The van der Waals surface area contributed by atoms with Gasteiger partial charge in [0.15, 0.2) is 0 Å². The molecule has 134 valence electrons. The summed E-state index contributed by atoms with van der Waals surface area (Å²) in [5, 5.41) is 7.17. The zero-order valence-electron chi connectivity index (χ0n) is 13.8. The molecule has 3 N–H and O–H groups in total. The first-order valence-electron chi connectivity index (χ1n) is 8.09. The summed E-state index contributed by atoms with van der Waals surface area (Å²) in [5.74, 6) is -0.631. The lowest BCUT2D eigenvalue weighted by atomic mass is 10.1. The maximum absolute atomic E-state index is 12.0. The van der Waals surface area contributed by atoms with Crippen molar-refractivity contribution < 1.29 is 9.59 Å². The van der Waals surface area contributed by atoms with Crippen LogP contribution >= 0.6 is 23.2 Å². The summed E-state index contributed by atoms with van der Waals surface area (Å²) in [6, 6.07) is 12.6. The van der Waals surface area contributed by atoms with Crippen molar-refractivity contribution in [3.05, 3.63) is 69.8 Å². The van der Waals surface area contributed by atoms with Gasteiger partial charge in [-0.3, -0.25) is 9.59 Å². The lowest BCUT2D eigenvalue weighted by Gasteiger charge is -2.07. The van der Waals surface area contributed by atoms with Crippen LogP contribution in [0.25, 0.3) is 10.9 Å². The Morgan fingerprint density at radius 2 is 1.81 bits per heavy atom. The highest BCUT2D eigenvalue weighted by Gasteiger charge is 2.10. The summed E-state index contributed by atoms with van der Waals surface area (Å²) in [6.45, 7) is 0.385. The maximum atomic E-state index is 12.0. The van der Waals surface area contributed by atoms with Gasteiger partial charge in [0.2, 0.25) is 5.91 Å². The average molecular weight is 390 g/mol. The number of benzene rings is 2. The third-order valence-electron chi connectivity index (χ3n) is 3.98. The van der Waals surface area contributed by atoms with E-state index in [2.05, 4.69) is 15.6 Å². The number of amides is 2. The molecule has 7 heteroatoms.